The van der Waals surface area contributed by atoms with Crippen molar-refractivity contribution in [3.8, 4) is 0 Å². The summed E-state index contributed by atoms with van der Waals surface area (Å²) < 4.78 is 0. The van der Waals surface area contributed by atoms with Crippen LogP contribution >= 0.6 is 0 Å². The molecule has 4 heteroatoms. The first-order chi connectivity index (χ1) is 14.7. The summed E-state index contributed by atoms with van der Waals surface area (Å²) in [5.41, 5.74) is -0.482. The fraction of sp³-hybridized carbons (Fsp3) is 0.963. The summed E-state index contributed by atoms with van der Waals surface area (Å²) in [6, 6.07) is 0.341. The van der Waals surface area contributed by atoms with E-state index >= 15 is 0 Å². The van der Waals surface area contributed by atoms with Crippen LogP contribution in [-0.2, 0) is 4.79 Å². The molecule has 0 aromatic heterocycles. The molecule has 12 atom stereocenters. The minimum Gasteiger partial charge on any atom is -0.393 e. The van der Waals surface area contributed by atoms with Gasteiger partial charge in [0, 0.05) is 31.5 Å². The molecule has 0 amide bonds. The van der Waals surface area contributed by atoms with Gasteiger partial charge in [-0.1, -0.05) is 13.8 Å². The maximum Gasteiger partial charge on any atom is 0.136 e. The van der Waals surface area contributed by atoms with E-state index in [1.165, 1.54) is 25.8 Å². The number of piperidine rings is 2. The Labute approximate surface area is 188 Å². The van der Waals surface area contributed by atoms with Gasteiger partial charge in [-0.25, -0.2) is 0 Å². The molecule has 0 unspecified atom stereocenters. The van der Waals surface area contributed by atoms with Gasteiger partial charge in [0.1, 0.15) is 5.78 Å². The lowest BCUT2D eigenvalue weighted by Gasteiger charge is -2.59. The predicted octanol–water partition coefficient (Wildman–Crippen LogP) is 3.89. The van der Waals surface area contributed by atoms with Crippen molar-refractivity contribution in [2.45, 2.75) is 96.3 Å². The highest BCUT2D eigenvalue weighted by Crippen LogP contribution is 2.66. The van der Waals surface area contributed by atoms with E-state index in [-0.39, 0.29) is 17.4 Å². The number of carbonyl (C=O) groups is 1. The Morgan fingerprint density at radius 2 is 1.71 bits per heavy atom. The molecule has 4 saturated carbocycles. The van der Waals surface area contributed by atoms with Crippen molar-refractivity contribution in [2.24, 2.45) is 52.8 Å². The summed E-state index contributed by atoms with van der Waals surface area (Å²) in [7, 11) is 0. The van der Waals surface area contributed by atoms with E-state index in [0.29, 0.717) is 53.8 Å². The Kier molecular flexibility index (Phi) is 4.78. The molecular formula is C27H43NO3. The number of hydrogen-bond donors (Lipinski definition) is 2. The predicted molar refractivity (Wildman–Crippen MR) is 120 cm³/mol. The second-order valence-electron chi connectivity index (χ2n) is 13.2. The molecule has 4 nitrogen and oxygen atoms in total. The average Bonchev–Trinajstić information content (AvgIpc) is 3.09. The molecule has 2 aliphatic heterocycles. The summed E-state index contributed by atoms with van der Waals surface area (Å²) in [5, 5.41) is 22.1. The van der Waals surface area contributed by atoms with Crippen LogP contribution in [0.25, 0.3) is 0 Å². The number of Topliss-reactive ketones (excluding diaryl/α,β-unsaturated/α-hetero) is 1. The van der Waals surface area contributed by atoms with Crippen LogP contribution in [0.3, 0.4) is 0 Å². The van der Waals surface area contributed by atoms with Gasteiger partial charge >= 0.3 is 0 Å². The maximum atomic E-state index is 13.2. The monoisotopic (exact) mass is 429 g/mol. The first kappa shape index (κ1) is 21.1. The molecule has 0 spiro atoms. The molecule has 2 saturated heterocycles. The molecule has 0 bridgehead atoms. The summed E-state index contributed by atoms with van der Waals surface area (Å²) in [6.07, 6.45) is 9.08. The zero-order valence-electron chi connectivity index (χ0n) is 19.8. The van der Waals surface area contributed by atoms with Crippen LogP contribution in [0.1, 0.15) is 78.6 Å². The van der Waals surface area contributed by atoms with Gasteiger partial charge in [-0.15, -0.1) is 0 Å². The third kappa shape index (κ3) is 2.93. The third-order valence-corrected chi connectivity index (χ3v) is 11.8. The number of rotatable bonds is 0. The first-order valence-electron chi connectivity index (χ1n) is 13.4. The largest absolute Gasteiger partial charge is 0.393 e. The Balaban J connectivity index is 1.31. The number of fused-ring (bicyclic) bond motifs is 8. The van der Waals surface area contributed by atoms with Crippen LogP contribution in [0.15, 0.2) is 0 Å². The highest BCUT2D eigenvalue weighted by molar-refractivity contribution is 5.83. The molecule has 2 heterocycles. The van der Waals surface area contributed by atoms with E-state index in [1.807, 2.05) is 0 Å². The minimum atomic E-state index is -0.570. The van der Waals surface area contributed by atoms with Crippen molar-refractivity contribution >= 4 is 5.78 Å². The summed E-state index contributed by atoms with van der Waals surface area (Å²) in [6.45, 7) is 9.23. The fourth-order valence-electron chi connectivity index (χ4n) is 10.4. The highest BCUT2D eigenvalue weighted by Gasteiger charge is 2.64. The van der Waals surface area contributed by atoms with E-state index in [4.69, 9.17) is 0 Å². The Bertz CT molecular complexity index is 751. The molecule has 2 N–H and O–H groups in total. The smallest absolute Gasteiger partial charge is 0.136 e. The van der Waals surface area contributed by atoms with Gasteiger partial charge < -0.3 is 10.2 Å². The van der Waals surface area contributed by atoms with E-state index in [2.05, 4.69) is 25.7 Å². The van der Waals surface area contributed by atoms with Crippen LogP contribution < -0.4 is 0 Å². The Hall–Kier alpha value is -0.450. The lowest BCUT2D eigenvalue weighted by Crippen LogP contribution is -2.67. The van der Waals surface area contributed by atoms with Crippen molar-refractivity contribution in [3.05, 3.63) is 0 Å². The van der Waals surface area contributed by atoms with E-state index in [9.17, 15) is 15.0 Å². The molecule has 6 rings (SSSR count). The van der Waals surface area contributed by atoms with Gasteiger partial charge in [0.15, 0.2) is 0 Å². The molecule has 0 aromatic carbocycles. The minimum absolute atomic E-state index is 0.0789. The van der Waals surface area contributed by atoms with Crippen LogP contribution in [0.5, 0.6) is 0 Å². The van der Waals surface area contributed by atoms with Crippen LogP contribution in [0, 0.1) is 52.8 Å². The van der Waals surface area contributed by atoms with E-state index in [1.54, 1.807) is 0 Å². The van der Waals surface area contributed by atoms with Crippen molar-refractivity contribution < 1.29 is 15.0 Å². The summed E-state index contributed by atoms with van der Waals surface area (Å²) in [5.74, 6) is 4.82. The standard InChI is InChI=1S/C27H43NO3/c1-15-4-7-25-27(3,31)21-6-5-17-18(20(21)14-28(25)13-15)11-22-19(17)12-24(30)23-10-16(29)8-9-26(22,23)2/h15-23,25,29,31H,4-14H2,1-3H3/t15-,16-,17-,18-,19+,20+,21+,22-,23-,25+,26-,27-/m0/s1. The van der Waals surface area contributed by atoms with Crippen molar-refractivity contribution in [1.82, 2.24) is 4.90 Å². The highest BCUT2D eigenvalue weighted by atomic mass is 16.3. The van der Waals surface area contributed by atoms with Crippen molar-refractivity contribution in [3.63, 3.8) is 0 Å². The number of hydrogen-bond acceptors (Lipinski definition) is 4. The molecule has 0 aromatic rings. The lowest BCUT2D eigenvalue weighted by atomic mass is 9.51. The van der Waals surface area contributed by atoms with Gasteiger partial charge in [0.25, 0.3) is 0 Å². The zero-order chi connectivity index (χ0) is 21.7. The number of carbonyl (C=O) groups excluding carboxylic acids is 1. The number of aliphatic hydroxyl groups is 2. The lowest BCUT2D eigenvalue weighted by molar-refractivity contribution is -0.175. The number of ketones is 1. The van der Waals surface area contributed by atoms with Gasteiger partial charge in [0.05, 0.1) is 11.7 Å². The molecule has 31 heavy (non-hydrogen) atoms. The Morgan fingerprint density at radius 3 is 2.52 bits per heavy atom. The van der Waals surface area contributed by atoms with Gasteiger partial charge in [-0.05, 0) is 105 Å². The van der Waals surface area contributed by atoms with Crippen molar-refractivity contribution in [2.75, 3.05) is 13.1 Å². The normalized spacial score (nSPS) is 59.2. The molecule has 6 fully saturated rings. The van der Waals surface area contributed by atoms with E-state index in [0.717, 1.165) is 44.6 Å². The van der Waals surface area contributed by atoms with Crippen LogP contribution in [-0.4, -0.2) is 51.7 Å². The maximum absolute atomic E-state index is 13.2. The van der Waals surface area contributed by atoms with Gasteiger partial charge in [0.2, 0.25) is 0 Å². The third-order valence-electron chi connectivity index (χ3n) is 11.8. The number of aliphatic hydroxyl groups excluding tert-OH is 1. The van der Waals surface area contributed by atoms with Crippen LogP contribution in [0.4, 0.5) is 0 Å². The average molecular weight is 430 g/mol. The Morgan fingerprint density at radius 1 is 0.903 bits per heavy atom. The molecule has 4 aliphatic carbocycles. The topological polar surface area (TPSA) is 60.8 Å². The molecular weight excluding hydrogens is 386 g/mol. The first-order valence-corrected chi connectivity index (χ1v) is 13.4. The molecule has 174 valence electrons. The van der Waals surface area contributed by atoms with Crippen LogP contribution in [0.2, 0.25) is 0 Å². The fourth-order valence-corrected chi connectivity index (χ4v) is 10.4. The quantitative estimate of drug-likeness (QED) is 0.613. The summed E-state index contributed by atoms with van der Waals surface area (Å²) in [4.78, 5) is 15.9. The molecule has 0 radical (unpaired) electrons. The molecule has 6 aliphatic rings. The number of nitrogens with zero attached hydrogens (tertiary/aromatic N) is 1. The van der Waals surface area contributed by atoms with Crippen molar-refractivity contribution in [1.29, 1.82) is 0 Å². The van der Waals surface area contributed by atoms with Gasteiger partial charge in [-0.2, -0.15) is 0 Å². The second kappa shape index (κ2) is 7.03. The second-order valence-corrected chi connectivity index (χ2v) is 13.2. The van der Waals surface area contributed by atoms with Gasteiger partial charge in [-0.3, -0.25) is 9.69 Å². The SMILES string of the molecule is C[C@H]1CC[C@H]2N(C1)C[C@@H]1[C@H]3C[C@H]4[C@H](CC(=O)[C@@H]5C[C@@H](O)CC[C@]54C)[C@H]3CC[C@H]1[C@]2(C)O. The van der Waals surface area contributed by atoms with E-state index < -0.39 is 5.60 Å². The summed E-state index contributed by atoms with van der Waals surface area (Å²) >= 11 is 0. The zero-order valence-corrected chi connectivity index (χ0v) is 19.8.